The van der Waals surface area contributed by atoms with Gasteiger partial charge in [0, 0.05) is 5.02 Å². The van der Waals surface area contributed by atoms with Crippen molar-refractivity contribution in [3.8, 4) is 5.75 Å². The van der Waals surface area contributed by atoms with Crippen LogP contribution in [-0.4, -0.2) is 12.5 Å². The van der Waals surface area contributed by atoms with Gasteiger partial charge in [-0.15, -0.1) is 0 Å². The van der Waals surface area contributed by atoms with E-state index >= 15 is 0 Å². The van der Waals surface area contributed by atoms with Gasteiger partial charge >= 0.3 is 0 Å². The highest BCUT2D eigenvalue weighted by Gasteiger charge is 2.07. The Bertz CT molecular complexity index is 589. The lowest BCUT2D eigenvalue weighted by Gasteiger charge is -2.08. The van der Waals surface area contributed by atoms with Crippen molar-refractivity contribution in [1.29, 1.82) is 0 Å². The van der Waals surface area contributed by atoms with E-state index in [0.717, 1.165) is 0 Å². The summed E-state index contributed by atoms with van der Waals surface area (Å²) in [4.78, 5) is 11.6. The molecular weight excluding hydrogens is 269 g/mol. The number of ether oxygens (including phenoxy) is 1. The second-order valence-corrected chi connectivity index (χ2v) is 4.21. The Morgan fingerprint density at radius 2 is 2.00 bits per heavy atom. The number of para-hydroxylation sites is 1. The Morgan fingerprint density at radius 3 is 2.74 bits per heavy atom. The number of carbonyl (C=O) groups is 1. The molecule has 0 bridgehead atoms. The first-order valence-electron chi connectivity index (χ1n) is 5.58. The number of amides is 1. The maximum Gasteiger partial charge on any atom is 0.262 e. The molecule has 0 aliphatic rings. The Labute approximate surface area is 115 Å². The average Bonchev–Trinajstić information content (AvgIpc) is 2.39. The highest BCUT2D eigenvalue weighted by Crippen LogP contribution is 2.17. The molecule has 1 N–H and O–H groups in total. The van der Waals surface area contributed by atoms with Crippen LogP contribution in [0.2, 0.25) is 5.02 Å². The van der Waals surface area contributed by atoms with E-state index in [1.165, 1.54) is 12.1 Å². The molecule has 0 radical (unpaired) electrons. The summed E-state index contributed by atoms with van der Waals surface area (Å²) in [5, 5.41) is 2.94. The van der Waals surface area contributed by atoms with Crippen LogP contribution in [0, 0.1) is 5.82 Å². The van der Waals surface area contributed by atoms with E-state index in [9.17, 15) is 9.18 Å². The van der Waals surface area contributed by atoms with E-state index in [-0.39, 0.29) is 12.3 Å². The van der Waals surface area contributed by atoms with Crippen molar-refractivity contribution < 1.29 is 13.9 Å². The molecule has 5 heteroatoms. The molecule has 0 saturated heterocycles. The molecule has 2 aromatic rings. The summed E-state index contributed by atoms with van der Waals surface area (Å²) in [7, 11) is 0. The normalized spacial score (nSPS) is 10.0. The monoisotopic (exact) mass is 279 g/mol. The molecule has 1 amide bonds. The molecule has 3 nitrogen and oxygen atoms in total. The first kappa shape index (κ1) is 13.4. The Morgan fingerprint density at radius 1 is 1.21 bits per heavy atom. The number of carbonyl (C=O) groups excluding carboxylic acids is 1. The standard InChI is InChI=1S/C14H11ClFNO2/c15-10-4-3-5-11(8-10)19-9-14(18)17-13-7-2-1-6-12(13)16/h1-8H,9H2,(H,17,18). The summed E-state index contributed by atoms with van der Waals surface area (Å²) in [6.45, 7) is -0.214. The maximum atomic E-state index is 13.3. The summed E-state index contributed by atoms with van der Waals surface area (Å²) in [5.41, 5.74) is 0.127. The predicted octanol–water partition coefficient (Wildman–Crippen LogP) is 3.50. The molecular formula is C14H11ClFNO2. The minimum atomic E-state index is -0.487. The van der Waals surface area contributed by atoms with Crippen molar-refractivity contribution in [3.05, 3.63) is 59.4 Å². The van der Waals surface area contributed by atoms with Gasteiger partial charge in [0.1, 0.15) is 11.6 Å². The van der Waals surface area contributed by atoms with Crippen LogP contribution in [0.4, 0.5) is 10.1 Å². The smallest absolute Gasteiger partial charge is 0.262 e. The molecule has 0 atom stereocenters. The minimum absolute atomic E-state index is 0.127. The van der Waals surface area contributed by atoms with Crippen LogP contribution in [0.15, 0.2) is 48.5 Å². The number of nitrogens with one attached hydrogen (secondary N) is 1. The van der Waals surface area contributed by atoms with Crippen LogP contribution >= 0.6 is 11.6 Å². The molecule has 0 heterocycles. The van der Waals surface area contributed by atoms with Crippen LogP contribution in [0.3, 0.4) is 0 Å². The first-order valence-corrected chi connectivity index (χ1v) is 5.96. The Kier molecular flexibility index (Phi) is 4.36. The van der Waals surface area contributed by atoms with E-state index in [1.807, 2.05) is 0 Å². The van der Waals surface area contributed by atoms with E-state index in [4.69, 9.17) is 16.3 Å². The number of halogens is 2. The van der Waals surface area contributed by atoms with E-state index < -0.39 is 11.7 Å². The van der Waals surface area contributed by atoms with Gasteiger partial charge in [0.25, 0.3) is 5.91 Å². The summed E-state index contributed by atoms with van der Waals surface area (Å²) >= 11 is 5.78. The van der Waals surface area contributed by atoms with E-state index in [2.05, 4.69) is 5.32 Å². The largest absolute Gasteiger partial charge is 0.484 e. The van der Waals surface area contributed by atoms with Crippen molar-refractivity contribution in [2.45, 2.75) is 0 Å². The molecule has 0 aliphatic carbocycles. The van der Waals surface area contributed by atoms with Crippen molar-refractivity contribution in [2.75, 3.05) is 11.9 Å². The number of hydrogen-bond donors (Lipinski definition) is 1. The molecule has 2 rings (SSSR count). The number of hydrogen-bond acceptors (Lipinski definition) is 2. The summed E-state index contributed by atoms with van der Waals surface area (Å²) < 4.78 is 18.5. The van der Waals surface area contributed by atoms with Gasteiger partial charge in [0.2, 0.25) is 0 Å². The van der Waals surface area contributed by atoms with Crippen molar-refractivity contribution in [2.24, 2.45) is 0 Å². The number of rotatable bonds is 4. The quantitative estimate of drug-likeness (QED) is 0.930. The molecule has 0 unspecified atom stereocenters. The fourth-order valence-electron chi connectivity index (χ4n) is 1.45. The van der Waals surface area contributed by atoms with Crippen LogP contribution in [0.1, 0.15) is 0 Å². The molecule has 0 spiro atoms. The second kappa shape index (κ2) is 6.20. The highest BCUT2D eigenvalue weighted by atomic mass is 35.5. The number of benzene rings is 2. The Hall–Kier alpha value is -2.07. The topological polar surface area (TPSA) is 38.3 Å². The van der Waals surface area contributed by atoms with E-state index in [0.29, 0.717) is 10.8 Å². The van der Waals surface area contributed by atoms with Gasteiger partial charge in [-0.3, -0.25) is 4.79 Å². The van der Waals surface area contributed by atoms with Crippen molar-refractivity contribution >= 4 is 23.2 Å². The van der Waals surface area contributed by atoms with Crippen LogP contribution in [-0.2, 0) is 4.79 Å². The fourth-order valence-corrected chi connectivity index (χ4v) is 1.63. The lowest BCUT2D eigenvalue weighted by molar-refractivity contribution is -0.118. The summed E-state index contributed by atoms with van der Waals surface area (Å²) in [5.74, 6) is -0.445. The van der Waals surface area contributed by atoms with Crippen LogP contribution in [0.25, 0.3) is 0 Å². The molecule has 0 aliphatic heterocycles. The lowest BCUT2D eigenvalue weighted by atomic mass is 10.3. The fraction of sp³-hybridized carbons (Fsp3) is 0.0714. The van der Waals surface area contributed by atoms with Crippen molar-refractivity contribution in [1.82, 2.24) is 0 Å². The van der Waals surface area contributed by atoms with Gasteiger partial charge in [0.15, 0.2) is 6.61 Å². The predicted molar refractivity (Wildman–Crippen MR) is 72.0 cm³/mol. The van der Waals surface area contributed by atoms with Gasteiger partial charge in [-0.25, -0.2) is 4.39 Å². The second-order valence-electron chi connectivity index (χ2n) is 3.77. The first-order chi connectivity index (χ1) is 9.15. The zero-order chi connectivity index (χ0) is 13.7. The van der Waals surface area contributed by atoms with Gasteiger partial charge in [-0.1, -0.05) is 29.8 Å². The van der Waals surface area contributed by atoms with Crippen LogP contribution < -0.4 is 10.1 Å². The summed E-state index contributed by atoms with van der Waals surface area (Å²) in [6.07, 6.45) is 0. The molecule has 2 aromatic carbocycles. The SMILES string of the molecule is O=C(COc1cccc(Cl)c1)Nc1ccccc1F. The third kappa shape index (κ3) is 3.96. The zero-order valence-electron chi connectivity index (χ0n) is 9.90. The maximum absolute atomic E-state index is 13.3. The van der Waals surface area contributed by atoms with Gasteiger partial charge in [-0.05, 0) is 30.3 Å². The third-order valence-electron chi connectivity index (χ3n) is 2.31. The average molecular weight is 280 g/mol. The van der Waals surface area contributed by atoms with Gasteiger partial charge in [0.05, 0.1) is 5.69 Å². The van der Waals surface area contributed by atoms with Gasteiger partial charge in [-0.2, -0.15) is 0 Å². The van der Waals surface area contributed by atoms with Crippen LogP contribution in [0.5, 0.6) is 5.75 Å². The van der Waals surface area contributed by atoms with Crippen molar-refractivity contribution in [3.63, 3.8) is 0 Å². The van der Waals surface area contributed by atoms with Gasteiger partial charge < -0.3 is 10.1 Å². The Balaban J connectivity index is 1.90. The highest BCUT2D eigenvalue weighted by molar-refractivity contribution is 6.30. The third-order valence-corrected chi connectivity index (χ3v) is 2.55. The van der Waals surface area contributed by atoms with E-state index in [1.54, 1.807) is 36.4 Å². The molecule has 0 aromatic heterocycles. The molecule has 19 heavy (non-hydrogen) atoms. The molecule has 0 fully saturated rings. The lowest BCUT2D eigenvalue weighted by Crippen LogP contribution is -2.20. The summed E-state index contributed by atoms with van der Waals surface area (Å²) in [6, 6.07) is 12.6. The minimum Gasteiger partial charge on any atom is -0.484 e. The molecule has 98 valence electrons. The zero-order valence-corrected chi connectivity index (χ0v) is 10.7. The molecule has 0 saturated carbocycles. The number of anilines is 1.